The topological polar surface area (TPSA) is 81.0 Å². The van der Waals surface area contributed by atoms with E-state index in [4.69, 9.17) is 4.74 Å². The number of benzene rings is 1. The van der Waals surface area contributed by atoms with Crippen LogP contribution in [0.15, 0.2) is 54.9 Å². The van der Waals surface area contributed by atoms with E-state index in [1.54, 1.807) is 37.4 Å². The molecule has 0 saturated heterocycles. The SMILES string of the molecule is Cc1ccccc1N(CC(=O)OCc1cn2ccccc2n1)S(C)(=O)=O. The number of imidazole rings is 1. The Hall–Kier alpha value is -2.87. The zero-order chi connectivity index (χ0) is 18.7. The number of aryl methyl sites for hydroxylation is 1. The van der Waals surface area contributed by atoms with Gasteiger partial charge in [0.25, 0.3) is 0 Å². The van der Waals surface area contributed by atoms with E-state index in [1.165, 1.54) is 0 Å². The third-order valence-electron chi connectivity index (χ3n) is 3.85. The zero-order valence-corrected chi connectivity index (χ0v) is 15.3. The third kappa shape index (κ3) is 4.02. The second-order valence-electron chi connectivity index (χ2n) is 5.92. The molecule has 0 atom stereocenters. The Morgan fingerprint density at radius 3 is 2.62 bits per heavy atom. The monoisotopic (exact) mass is 373 g/mol. The lowest BCUT2D eigenvalue weighted by Crippen LogP contribution is -2.36. The molecule has 136 valence electrons. The quantitative estimate of drug-likeness (QED) is 0.619. The molecule has 0 spiro atoms. The highest BCUT2D eigenvalue weighted by atomic mass is 32.2. The van der Waals surface area contributed by atoms with Gasteiger partial charge in [0.15, 0.2) is 0 Å². The van der Waals surface area contributed by atoms with Crippen molar-refractivity contribution in [1.29, 1.82) is 0 Å². The number of aromatic nitrogens is 2. The lowest BCUT2D eigenvalue weighted by atomic mass is 10.2. The van der Waals surface area contributed by atoms with Crippen LogP contribution in [-0.4, -0.2) is 36.6 Å². The minimum absolute atomic E-state index is 0.0219. The first-order valence-corrected chi connectivity index (χ1v) is 9.81. The number of hydrogen-bond donors (Lipinski definition) is 0. The minimum Gasteiger partial charge on any atom is -0.458 e. The molecule has 1 aromatic carbocycles. The van der Waals surface area contributed by atoms with Crippen molar-refractivity contribution in [3.8, 4) is 0 Å². The lowest BCUT2D eigenvalue weighted by molar-refractivity contribution is -0.143. The van der Waals surface area contributed by atoms with Gasteiger partial charge < -0.3 is 9.14 Å². The summed E-state index contributed by atoms with van der Waals surface area (Å²) in [7, 11) is -3.63. The van der Waals surface area contributed by atoms with Gasteiger partial charge in [-0.15, -0.1) is 0 Å². The lowest BCUT2D eigenvalue weighted by Gasteiger charge is -2.23. The first-order valence-electron chi connectivity index (χ1n) is 7.96. The van der Waals surface area contributed by atoms with Gasteiger partial charge in [-0.25, -0.2) is 13.4 Å². The first kappa shape index (κ1) is 17.9. The number of ether oxygens (including phenoxy) is 1. The van der Waals surface area contributed by atoms with Crippen molar-refractivity contribution in [2.24, 2.45) is 0 Å². The number of hydrogen-bond acceptors (Lipinski definition) is 5. The van der Waals surface area contributed by atoms with Crippen molar-refractivity contribution in [1.82, 2.24) is 9.38 Å². The molecule has 7 nitrogen and oxygen atoms in total. The molecule has 0 aliphatic heterocycles. The van der Waals surface area contributed by atoms with Crippen molar-refractivity contribution in [3.05, 3.63) is 66.1 Å². The molecule has 0 radical (unpaired) electrons. The standard InChI is InChI=1S/C18H19N3O4S/c1-14-7-3-4-8-16(14)21(26(2,23)24)12-18(22)25-13-15-11-20-10-6-5-9-17(20)19-15/h3-11H,12-13H2,1-2H3. The fourth-order valence-corrected chi connectivity index (χ4v) is 3.50. The molecule has 2 aromatic heterocycles. The van der Waals surface area contributed by atoms with Crippen LogP contribution in [0.4, 0.5) is 5.69 Å². The highest BCUT2D eigenvalue weighted by Crippen LogP contribution is 2.22. The van der Waals surface area contributed by atoms with Crippen molar-refractivity contribution in [3.63, 3.8) is 0 Å². The number of para-hydroxylation sites is 1. The highest BCUT2D eigenvalue weighted by molar-refractivity contribution is 7.92. The Balaban J connectivity index is 1.71. The molecule has 0 aliphatic carbocycles. The Morgan fingerprint density at radius 1 is 1.19 bits per heavy atom. The average Bonchev–Trinajstić information content (AvgIpc) is 3.01. The summed E-state index contributed by atoms with van der Waals surface area (Å²) >= 11 is 0. The van der Waals surface area contributed by atoms with Gasteiger partial charge in [-0.05, 0) is 30.7 Å². The summed E-state index contributed by atoms with van der Waals surface area (Å²) in [4.78, 5) is 16.5. The number of fused-ring (bicyclic) bond motifs is 1. The maximum atomic E-state index is 12.2. The Morgan fingerprint density at radius 2 is 1.92 bits per heavy atom. The predicted octanol–water partition coefficient (Wildman–Crippen LogP) is 2.15. The molecule has 3 aromatic rings. The number of carbonyl (C=O) groups excluding carboxylic acids is 1. The van der Waals surface area contributed by atoms with Crippen LogP contribution in [0.2, 0.25) is 0 Å². The minimum atomic E-state index is -3.63. The van der Waals surface area contributed by atoms with E-state index in [9.17, 15) is 13.2 Å². The molecule has 0 fully saturated rings. The number of nitrogens with zero attached hydrogens (tertiary/aromatic N) is 3. The molecular formula is C18H19N3O4S. The Bertz CT molecular complexity index is 1010. The molecule has 3 rings (SSSR count). The molecule has 2 heterocycles. The molecule has 0 amide bonds. The van der Waals surface area contributed by atoms with Crippen molar-refractivity contribution in [2.75, 3.05) is 17.1 Å². The van der Waals surface area contributed by atoms with Crippen LogP contribution in [0.25, 0.3) is 5.65 Å². The van der Waals surface area contributed by atoms with E-state index in [1.807, 2.05) is 28.8 Å². The van der Waals surface area contributed by atoms with Gasteiger partial charge in [0.2, 0.25) is 10.0 Å². The van der Waals surface area contributed by atoms with Gasteiger partial charge in [-0.2, -0.15) is 0 Å². The average molecular weight is 373 g/mol. The van der Waals surface area contributed by atoms with Gasteiger partial charge >= 0.3 is 5.97 Å². The maximum Gasteiger partial charge on any atom is 0.327 e. The van der Waals surface area contributed by atoms with Crippen molar-refractivity contribution < 1.29 is 17.9 Å². The fraction of sp³-hybridized carbons (Fsp3) is 0.222. The van der Waals surface area contributed by atoms with Crippen LogP contribution < -0.4 is 4.31 Å². The van der Waals surface area contributed by atoms with Gasteiger partial charge in [0, 0.05) is 12.4 Å². The summed E-state index contributed by atoms with van der Waals surface area (Å²) < 4.78 is 32.3. The summed E-state index contributed by atoms with van der Waals surface area (Å²) in [5.74, 6) is -0.643. The number of esters is 1. The van der Waals surface area contributed by atoms with Gasteiger partial charge in [-0.3, -0.25) is 9.10 Å². The number of anilines is 1. The third-order valence-corrected chi connectivity index (χ3v) is 4.98. The molecule has 0 bridgehead atoms. The normalized spacial score (nSPS) is 11.5. The highest BCUT2D eigenvalue weighted by Gasteiger charge is 2.23. The van der Waals surface area contributed by atoms with Crippen LogP contribution in [0.1, 0.15) is 11.3 Å². The number of sulfonamides is 1. The molecule has 0 N–H and O–H groups in total. The zero-order valence-electron chi connectivity index (χ0n) is 14.5. The maximum absolute atomic E-state index is 12.2. The second-order valence-corrected chi connectivity index (χ2v) is 7.82. The predicted molar refractivity (Wildman–Crippen MR) is 98.4 cm³/mol. The summed E-state index contributed by atoms with van der Waals surface area (Å²) in [6.45, 7) is 1.37. The smallest absolute Gasteiger partial charge is 0.327 e. The van der Waals surface area contributed by atoms with Gasteiger partial charge in [-0.1, -0.05) is 24.3 Å². The van der Waals surface area contributed by atoms with Crippen molar-refractivity contribution >= 4 is 27.3 Å². The first-order chi connectivity index (χ1) is 12.3. The second kappa shape index (κ2) is 7.17. The van der Waals surface area contributed by atoms with Crippen LogP contribution in [0.3, 0.4) is 0 Å². The molecule has 0 aliphatic rings. The molecule has 0 unspecified atom stereocenters. The summed E-state index contributed by atoms with van der Waals surface area (Å²) in [6, 6.07) is 12.6. The largest absolute Gasteiger partial charge is 0.458 e. The van der Waals surface area contributed by atoms with E-state index in [0.717, 1.165) is 21.8 Å². The molecule has 26 heavy (non-hydrogen) atoms. The fourth-order valence-electron chi connectivity index (χ4n) is 2.60. The van der Waals surface area contributed by atoms with Crippen LogP contribution in [0.5, 0.6) is 0 Å². The van der Waals surface area contributed by atoms with Gasteiger partial charge in [0.1, 0.15) is 18.8 Å². The van der Waals surface area contributed by atoms with Gasteiger partial charge in [0.05, 0.1) is 17.6 Å². The Kier molecular flexibility index (Phi) is 4.94. The van der Waals surface area contributed by atoms with E-state index >= 15 is 0 Å². The summed E-state index contributed by atoms with van der Waals surface area (Å²) in [6.07, 6.45) is 4.67. The summed E-state index contributed by atoms with van der Waals surface area (Å²) in [5.41, 5.74) is 2.55. The molecule has 8 heteroatoms. The Labute approximate surface area is 151 Å². The number of carbonyl (C=O) groups is 1. The van der Waals surface area contributed by atoms with E-state index in [-0.39, 0.29) is 6.61 Å². The summed E-state index contributed by atoms with van der Waals surface area (Å²) in [5, 5.41) is 0. The number of rotatable bonds is 6. The van der Waals surface area contributed by atoms with E-state index in [2.05, 4.69) is 4.98 Å². The van der Waals surface area contributed by atoms with Crippen LogP contribution in [0, 0.1) is 6.92 Å². The van der Waals surface area contributed by atoms with Crippen molar-refractivity contribution in [2.45, 2.75) is 13.5 Å². The molecular weight excluding hydrogens is 354 g/mol. The van der Waals surface area contributed by atoms with Crippen LogP contribution in [-0.2, 0) is 26.2 Å². The molecule has 0 saturated carbocycles. The van der Waals surface area contributed by atoms with E-state index < -0.39 is 22.5 Å². The number of pyridine rings is 1. The van der Waals surface area contributed by atoms with Crippen LogP contribution >= 0.6 is 0 Å². The van der Waals surface area contributed by atoms with E-state index in [0.29, 0.717) is 11.4 Å².